The molecule has 1 N–H and O–H groups in total. The largest absolute Gasteiger partial charge is 0.507 e. The smallest absolute Gasteiger partial charge is 0.295 e. The summed E-state index contributed by atoms with van der Waals surface area (Å²) in [7, 11) is 3.89. The summed E-state index contributed by atoms with van der Waals surface area (Å²) in [5.41, 5.74) is 0.364. The number of nitrogens with zero attached hydrogens (tertiary/aromatic N) is 2. The summed E-state index contributed by atoms with van der Waals surface area (Å²) in [6.45, 7) is 1.18. The van der Waals surface area contributed by atoms with Crippen LogP contribution in [0.3, 0.4) is 0 Å². The predicted molar refractivity (Wildman–Crippen MR) is 103 cm³/mol. The maximum absolute atomic E-state index is 13.2. The molecule has 5 nitrogen and oxygen atoms in total. The average Bonchev–Trinajstić information content (AvgIpc) is 3.24. The Morgan fingerprint density at radius 1 is 1.22 bits per heavy atom. The molecule has 0 unspecified atom stereocenters. The lowest BCUT2D eigenvalue weighted by molar-refractivity contribution is -0.139. The molecule has 0 bridgehead atoms. The second-order valence-electron chi connectivity index (χ2n) is 6.67. The van der Waals surface area contributed by atoms with E-state index in [1.54, 1.807) is 0 Å². The number of ketones is 1. The van der Waals surface area contributed by atoms with Crippen molar-refractivity contribution >= 4 is 28.8 Å². The maximum Gasteiger partial charge on any atom is 0.295 e. The minimum atomic E-state index is -0.708. The van der Waals surface area contributed by atoms with Crippen molar-refractivity contribution in [3.05, 3.63) is 63.6 Å². The fourth-order valence-electron chi connectivity index (χ4n) is 3.17. The molecule has 1 amide bonds. The van der Waals surface area contributed by atoms with Crippen molar-refractivity contribution in [3.63, 3.8) is 0 Å². The van der Waals surface area contributed by atoms with Gasteiger partial charge in [-0.3, -0.25) is 9.59 Å². The van der Waals surface area contributed by atoms with Crippen LogP contribution < -0.4 is 0 Å². The van der Waals surface area contributed by atoms with Crippen LogP contribution in [0, 0.1) is 5.82 Å². The lowest BCUT2D eigenvalue weighted by Crippen LogP contribution is -2.32. The molecule has 0 aliphatic carbocycles. The van der Waals surface area contributed by atoms with Crippen LogP contribution in [0.4, 0.5) is 4.39 Å². The fourth-order valence-corrected chi connectivity index (χ4v) is 4.02. The second kappa shape index (κ2) is 8.02. The van der Waals surface area contributed by atoms with Gasteiger partial charge in [-0.1, -0.05) is 6.07 Å². The Bertz CT molecular complexity index is 860. The van der Waals surface area contributed by atoms with E-state index in [9.17, 15) is 19.1 Å². The van der Waals surface area contributed by atoms with Gasteiger partial charge in [0.05, 0.1) is 11.6 Å². The summed E-state index contributed by atoms with van der Waals surface area (Å²) in [6, 6.07) is 8.28. The van der Waals surface area contributed by atoms with E-state index in [1.165, 1.54) is 40.5 Å². The highest BCUT2D eigenvalue weighted by Gasteiger charge is 2.46. The molecule has 2 aromatic rings. The van der Waals surface area contributed by atoms with Gasteiger partial charge in [0, 0.05) is 17.0 Å². The molecular weight excluding hydrogens is 367 g/mol. The number of aliphatic hydroxyl groups is 1. The van der Waals surface area contributed by atoms with E-state index >= 15 is 0 Å². The second-order valence-corrected chi connectivity index (χ2v) is 7.65. The van der Waals surface area contributed by atoms with E-state index in [2.05, 4.69) is 0 Å². The molecule has 142 valence electrons. The number of benzene rings is 1. The van der Waals surface area contributed by atoms with Gasteiger partial charge in [-0.25, -0.2) is 4.39 Å². The highest BCUT2D eigenvalue weighted by molar-refractivity contribution is 7.10. The number of amides is 1. The Kier molecular flexibility index (Phi) is 5.72. The van der Waals surface area contributed by atoms with Crippen LogP contribution in [0.15, 0.2) is 47.4 Å². The molecule has 0 spiro atoms. The van der Waals surface area contributed by atoms with Crippen molar-refractivity contribution in [2.75, 3.05) is 27.2 Å². The molecule has 1 aromatic carbocycles. The van der Waals surface area contributed by atoms with Gasteiger partial charge in [0.25, 0.3) is 11.7 Å². The van der Waals surface area contributed by atoms with Crippen molar-refractivity contribution in [1.82, 2.24) is 9.80 Å². The highest BCUT2D eigenvalue weighted by atomic mass is 32.1. The Labute approximate surface area is 161 Å². The standard InChI is InChI=1S/C20H21FN2O3S/c1-22(2)10-4-11-23-17(15-5-3-12-27-15)16(19(25)20(23)26)18(24)13-6-8-14(21)9-7-13/h3,5-9,12,17,24H,4,10-11H2,1-2H3/b18-16+/t17-/m0/s1. The molecule has 1 saturated heterocycles. The van der Waals surface area contributed by atoms with E-state index < -0.39 is 23.5 Å². The van der Waals surface area contributed by atoms with E-state index in [1.807, 2.05) is 36.5 Å². The van der Waals surface area contributed by atoms with Gasteiger partial charge in [-0.2, -0.15) is 0 Å². The number of Topliss-reactive ketones (excluding diaryl/α,β-unsaturated/α-hetero) is 1. The SMILES string of the molecule is CN(C)CCCN1C(=O)C(=O)/C(=C(/O)c2ccc(F)cc2)[C@@H]1c1cccs1. The summed E-state index contributed by atoms with van der Waals surface area (Å²) >= 11 is 1.42. The lowest BCUT2D eigenvalue weighted by atomic mass is 10.00. The molecule has 2 heterocycles. The zero-order chi connectivity index (χ0) is 19.6. The molecule has 0 radical (unpaired) electrons. The molecule has 1 atom stereocenters. The van der Waals surface area contributed by atoms with Gasteiger partial charge >= 0.3 is 0 Å². The zero-order valence-corrected chi connectivity index (χ0v) is 16.0. The third-order valence-corrected chi connectivity index (χ3v) is 5.40. The van der Waals surface area contributed by atoms with Crippen molar-refractivity contribution in [2.45, 2.75) is 12.5 Å². The first-order valence-electron chi connectivity index (χ1n) is 8.62. The van der Waals surface area contributed by atoms with E-state index in [-0.39, 0.29) is 11.3 Å². The summed E-state index contributed by atoms with van der Waals surface area (Å²) in [6.07, 6.45) is 0.707. The van der Waals surface area contributed by atoms with Gasteiger partial charge in [-0.05, 0) is 62.8 Å². The summed E-state index contributed by atoms with van der Waals surface area (Å²) in [4.78, 5) is 29.7. The lowest BCUT2D eigenvalue weighted by Gasteiger charge is -2.24. The highest BCUT2D eigenvalue weighted by Crippen LogP contribution is 2.41. The first kappa shape index (κ1) is 19.3. The summed E-state index contributed by atoms with van der Waals surface area (Å²) < 4.78 is 13.2. The van der Waals surface area contributed by atoms with Crippen molar-refractivity contribution in [3.8, 4) is 0 Å². The topological polar surface area (TPSA) is 60.9 Å². The number of thiophene rings is 1. The molecule has 1 fully saturated rings. The number of halogens is 1. The molecular formula is C20H21FN2O3S. The average molecular weight is 388 g/mol. The fraction of sp³-hybridized carbons (Fsp3) is 0.300. The predicted octanol–water partition coefficient (Wildman–Crippen LogP) is 3.26. The van der Waals surface area contributed by atoms with Crippen LogP contribution in [-0.4, -0.2) is 53.8 Å². The van der Waals surface area contributed by atoms with Crippen LogP contribution in [0.5, 0.6) is 0 Å². The zero-order valence-electron chi connectivity index (χ0n) is 15.2. The number of carbonyl (C=O) groups excluding carboxylic acids is 2. The molecule has 7 heteroatoms. The number of hydrogen-bond acceptors (Lipinski definition) is 5. The van der Waals surface area contributed by atoms with Gasteiger partial charge < -0.3 is 14.9 Å². The molecule has 0 saturated carbocycles. The monoisotopic (exact) mass is 388 g/mol. The maximum atomic E-state index is 13.2. The first-order valence-corrected chi connectivity index (χ1v) is 9.50. The molecule has 27 heavy (non-hydrogen) atoms. The molecule has 1 aliphatic heterocycles. The first-order chi connectivity index (χ1) is 12.9. The van der Waals surface area contributed by atoms with Crippen molar-refractivity contribution in [2.24, 2.45) is 0 Å². The van der Waals surface area contributed by atoms with Gasteiger partial charge in [0.15, 0.2) is 0 Å². The van der Waals surface area contributed by atoms with Gasteiger partial charge in [0.2, 0.25) is 0 Å². The van der Waals surface area contributed by atoms with E-state index in [0.29, 0.717) is 18.5 Å². The minimum absolute atomic E-state index is 0.0545. The Morgan fingerprint density at radius 2 is 1.93 bits per heavy atom. The quantitative estimate of drug-likeness (QED) is 0.469. The number of carbonyl (C=O) groups is 2. The Hall–Kier alpha value is -2.51. The number of likely N-dealkylation sites (tertiary alicyclic amines) is 1. The van der Waals surface area contributed by atoms with Crippen molar-refractivity contribution < 1.29 is 19.1 Å². The minimum Gasteiger partial charge on any atom is -0.507 e. The Balaban J connectivity index is 2.03. The summed E-state index contributed by atoms with van der Waals surface area (Å²) in [5, 5.41) is 12.6. The normalized spacial score (nSPS) is 19.3. The van der Waals surface area contributed by atoms with Gasteiger partial charge in [-0.15, -0.1) is 11.3 Å². The molecule has 1 aliphatic rings. The Morgan fingerprint density at radius 3 is 2.52 bits per heavy atom. The summed E-state index contributed by atoms with van der Waals surface area (Å²) in [5.74, 6) is -2.04. The van der Waals surface area contributed by atoms with Crippen LogP contribution in [0.1, 0.15) is 22.9 Å². The number of rotatable bonds is 6. The third kappa shape index (κ3) is 3.94. The van der Waals surface area contributed by atoms with Crippen molar-refractivity contribution in [1.29, 1.82) is 0 Å². The van der Waals surface area contributed by atoms with E-state index in [4.69, 9.17) is 0 Å². The van der Waals surface area contributed by atoms with Crippen LogP contribution in [-0.2, 0) is 9.59 Å². The van der Waals surface area contributed by atoms with E-state index in [0.717, 1.165) is 11.4 Å². The molecule has 3 rings (SSSR count). The van der Waals surface area contributed by atoms with Crippen LogP contribution in [0.25, 0.3) is 5.76 Å². The van der Waals surface area contributed by atoms with Crippen LogP contribution >= 0.6 is 11.3 Å². The van der Waals surface area contributed by atoms with Crippen LogP contribution in [0.2, 0.25) is 0 Å². The number of hydrogen-bond donors (Lipinski definition) is 1. The van der Waals surface area contributed by atoms with Gasteiger partial charge in [0.1, 0.15) is 11.6 Å². The third-order valence-electron chi connectivity index (χ3n) is 4.47. The number of aliphatic hydroxyl groups excluding tert-OH is 1. The molecule has 1 aromatic heterocycles.